The molecule has 38 heavy (non-hydrogen) atoms. The zero-order valence-corrected chi connectivity index (χ0v) is 22.4. The molecule has 0 bridgehead atoms. The van der Waals surface area contributed by atoms with Crippen LogP contribution in [0.5, 0.6) is 0 Å². The van der Waals surface area contributed by atoms with E-state index in [0.717, 1.165) is 22.0 Å². The first-order valence-electron chi connectivity index (χ1n) is 12.2. The van der Waals surface area contributed by atoms with Crippen LogP contribution in [0.3, 0.4) is 0 Å². The molecule has 0 spiro atoms. The van der Waals surface area contributed by atoms with Crippen molar-refractivity contribution in [2.24, 2.45) is 0 Å². The summed E-state index contributed by atoms with van der Waals surface area (Å²) in [5.74, 6) is -2.18. The van der Waals surface area contributed by atoms with Crippen molar-refractivity contribution in [3.05, 3.63) is 70.4 Å². The number of ether oxygens (including phenoxy) is 2. The summed E-state index contributed by atoms with van der Waals surface area (Å²) in [5, 5.41) is 4.38. The number of hydrogen-bond acceptors (Lipinski definition) is 6. The number of H-pyrrole nitrogens is 1. The highest BCUT2D eigenvalue weighted by molar-refractivity contribution is 6.31. The van der Waals surface area contributed by atoms with E-state index in [4.69, 9.17) is 21.1 Å². The van der Waals surface area contributed by atoms with Gasteiger partial charge in [-0.15, -0.1) is 0 Å². The zero-order chi connectivity index (χ0) is 27.6. The van der Waals surface area contributed by atoms with Crippen molar-refractivity contribution in [2.45, 2.75) is 51.8 Å². The molecule has 9 nitrogen and oxygen atoms in total. The van der Waals surface area contributed by atoms with Crippen molar-refractivity contribution in [3.63, 3.8) is 0 Å². The molecule has 2 N–H and O–H groups in total. The van der Waals surface area contributed by atoms with Crippen LogP contribution in [0.15, 0.2) is 48.5 Å². The Bertz CT molecular complexity index is 1390. The van der Waals surface area contributed by atoms with Gasteiger partial charge in [0.05, 0.1) is 12.1 Å². The third kappa shape index (κ3) is 6.34. The van der Waals surface area contributed by atoms with E-state index in [2.05, 4.69) is 10.3 Å². The van der Waals surface area contributed by atoms with Crippen LogP contribution in [0.25, 0.3) is 10.9 Å². The molecule has 2 aromatic carbocycles. The minimum absolute atomic E-state index is 0.335. The summed E-state index contributed by atoms with van der Waals surface area (Å²) in [4.78, 5) is 55.3. The molecule has 0 saturated heterocycles. The number of amides is 2. The number of carbonyl (C=O) groups excluding carboxylic acids is 4. The summed E-state index contributed by atoms with van der Waals surface area (Å²) in [5.41, 5.74) is 2.05. The van der Waals surface area contributed by atoms with Gasteiger partial charge in [-0.1, -0.05) is 35.9 Å². The molecule has 1 aliphatic rings. The number of carbonyl (C=O) groups is 4. The predicted molar refractivity (Wildman–Crippen MR) is 142 cm³/mol. The molecule has 1 heterocycles. The topological polar surface area (TPSA) is 118 Å². The maximum Gasteiger partial charge on any atom is 0.326 e. The molecule has 10 heteroatoms. The fourth-order valence-electron chi connectivity index (χ4n) is 4.66. The summed E-state index contributed by atoms with van der Waals surface area (Å²) < 4.78 is 10.4. The fraction of sp³-hybridized carbons (Fsp3) is 0.357. The molecular formula is C28H30ClN3O6. The molecule has 0 unspecified atom stereocenters. The number of aromatic amines is 1. The number of rotatable bonds is 7. The Kier molecular flexibility index (Phi) is 7.78. The second kappa shape index (κ2) is 10.9. The van der Waals surface area contributed by atoms with Crippen LogP contribution >= 0.6 is 11.6 Å². The van der Waals surface area contributed by atoms with Crippen LogP contribution in [-0.4, -0.2) is 58.4 Å². The van der Waals surface area contributed by atoms with Gasteiger partial charge < -0.3 is 24.7 Å². The Balaban J connectivity index is 1.65. The average molecular weight is 540 g/mol. The summed E-state index contributed by atoms with van der Waals surface area (Å²) in [6.07, 6.45) is 0.435. The van der Waals surface area contributed by atoms with E-state index < -0.39 is 42.1 Å². The number of fused-ring (bicyclic) bond motifs is 2. The van der Waals surface area contributed by atoms with Crippen LogP contribution in [0.4, 0.5) is 0 Å². The molecule has 2 amide bonds. The lowest BCUT2D eigenvalue weighted by molar-refractivity contribution is -0.162. The van der Waals surface area contributed by atoms with Crippen LogP contribution in [0.1, 0.15) is 55.4 Å². The number of benzene rings is 2. The second-order valence-electron chi connectivity index (χ2n) is 10.2. The van der Waals surface area contributed by atoms with Crippen LogP contribution in [0, 0.1) is 0 Å². The van der Waals surface area contributed by atoms with E-state index in [1.165, 1.54) is 11.8 Å². The van der Waals surface area contributed by atoms with E-state index in [1.54, 1.807) is 45.0 Å². The van der Waals surface area contributed by atoms with Gasteiger partial charge in [0, 0.05) is 22.8 Å². The van der Waals surface area contributed by atoms with Gasteiger partial charge in [0.25, 0.3) is 11.8 Å². The van der Waals surface area contributed by atoms with Gasteiger partial charge >= 0.3 is 11.9 Å². The monoisotopic (exact) mass is 539 g/mol. The van der Waals surface area contributed by atoms with Gasteiger partial charge in [0.2, 0.25) is 0 Å². The van der Waals surface area contributed by atoms with Crippen molar-refractivity contribution in [3.8, 4) is 0 Å². The largest absolute Gasteiger partial charge is 0.459 e. The van der Waals surface area contributed by atoms with Crippen LogP contribution < -0.4 is 5.32 Å². The summed E-state index contributed by atoms with van der Waals surface area (Å²) in [7, 11) is 0. The molecule has 0 radical (unpaired) electrons. The Hall–Kier alpha value is -3.85. The Morgan fingerprint density at radius 2 is 1.84 bits per heavy atom. The molecule has 0 fully saturated rings. The van der Waals surface area contributed by atoms with Crippen molar-refractivity contribution >= 4 is 46.3 Å². The van der Waals surface area contributed by atoms with Gasteiger partial charge in [-0.25, -0.2) is 0 Å². The van der Waals surface area contributed by atoms with Crippen molar-refractivity contribution in [1.29, 1.82) is 0 Å². The second-order valence-corrected chi connectivity index (χ2v) is 10.7. The van der Waals surface area contributed by atoms with Gasteiger partial charge in [0.1, 0.15) is 17.8 Å². The predicted octanol–water partition coefficient (Wildman–Crippen LogP) is 3.95. The average Bonchev–Trinajstić information content (AvgIpc) is 3.40. The Morgan fingerprint density at radius 1 is 1.11 bits per heavy atom. The van der Waals surface area contributed by atoms with Gasteiger partial charge in [-0.3, -0.25) is 19.2 Å². The van der Waals surface area contributed by atoms with E-state index >= 15 is 0 Å². The highest BCUT2D eigenvalue weighted by Crippen LogP contribution is 2.36. The molecule has 200 valence electrons. The quantitative estimate of drug-likeness (QED) is 0.439. The third-order valence-electron chi connectivity index (χ3n) is 6.11. The summed E-state index contributed by atoms with van der Waals surface area (Å²) in [6.45, 7) is 5.48. The summed E-state index contributed by atoms with van der Waals surface area (Å²) >= 11 is 6.09. The smallest absolute Gasteiger partial charge is 0.326 e. The molecule has 3 aromatic rings. The van der Waals surface area contributed by atoms with Gasteiger partial charge in [0.15, 0.2) is 6.61 Å². The highest BCUT2D eigenvalue weighted by Gasteiger charge is 2.41. The fourth-order valence-corrected chi connectivity index (χ4v) is 4.84. The number of nitrogens with one attached hydrogen (secondary N) is 2. The van der Waals surface area contributed by atoms with E-state index in [9.17, 15) is 19.2 Å². The van der Waals surface area contributed by atoms with E-state index in [1.807, 2.05) is 24.3 Å². The first-order valence-corrected chi connectivity index (χ1v) is 12.6. The normalized spacial score (nSPS) is 16.6. The lowest BCUT2D eigenvalue weighted by Gasteiger charge is -2.34. The van der Waals surface area contributed by atoms with Crippen molar-refractivity contribution < 1.29 is 28.7 Å². The van der Waals surface area contributed by atoms with Crippen LogP contribution in [0.2, 0.25) is 5.02 Å². The first-order chi connectivity index (χ1) is 17.9. The third-order valence-corrected chi connectivity index (χ3v) is 6.35. The molecular weight excluding hydrogens is 510 g/mol. The first kappa shape index (κ1) is 27.2. The molecule has 1 aromatic heterocycles. The number of esters is 2. The summed E-state index contributed by atoms with van der Waals surface area (Å²) in [6, 6.07) is 13.2. The Morgan fingerprint density at radius 3 is 2.55 bits per heavy atom. The minimum atomic E-state index is -0.762. The van der Waals surface area contributed by atoms with Crippen LogP contribution in [-0.2, 0) is 30.3 Å². The van der Waals surface area contributed by atoms with E-state index in [-0.39, 0.29) is 12.5 Å². The number of hydrogen-bond donors (Lipinski definition) is 2. The molecule has 2 atom stereocenters. The molecule has 0 aliphatic heterocycles. The van der Waals surface area contributed by atoms with Gasteiger partial charge in [-0.2, -0.15) is 0 Å². The van der Waals surface area contributed by atoms with Crippen molar-refractivity contribution in [1.82, 2.24) is 15.2 Å². The lowest BCUT2D eigenvalue weighted by Crippen LogP contribution is -2.50. The standard InChI is InChI=1S/C28H30ClN3O6/c1-16(33)37-15-24(34)32(14-25(35)38-28(2,3)4)26-20-8-6-5-7-17(20)12-22(26)31-27(36)23-13-18-11-19(29)9-10-21(18)30-23/h5-11,13,22,26,30H,12,14-15H2,1-4H3,(H,31,36)/t22-,26-/m1/s1. The molecule has 1 aliphatic carbocycles. The van der Waals surface area contributed by atoms with Gasteiger partial charge in [-0.05, 0) is 62.6 Å². The van der Waals surface area contributed by atoms with Crippen molar-refractivity contribution in [2.75, 3.05) is 13.2 Å². The van der Waals surface area contributed by atoms with E-state index in [0.29, 0.717) is 17.1 Å². The molecule has 4 rings (SSSR count). The number of halogens is 1. The maximum absolute atomic E-state index is 13.3. The maximum atomic E-state index is 13.3. The number of aromatic nitrogens is 1. The Labute approximate surface area is 225 Å². The minimum Gasteiger partial charge on any atom is -0.459 e. The lowest BCUT2D eigenvalue weighted by atomic mass is 10.0. The number of nitrogens with zero attached hydrogens (tertiary/aromatic N) is 1. The zero-order valence-electron chi connectivity index (χ0n) is 21.7. The SMILES string of the molecule is CC(=O)OCC(=O)N(CC(=O)OC(C)(C)C)[C@@H]1c2ccccc2C[C@H]1NC(=O)c1cc2cc(Cl)ccc2[nH]1. The highest BCUT2D eigenvalue weighted by atomic mass is 35.5. The molecule has 0 saturated carbocycles.